The molecule has 1 heterocycles. The number of carboxylic acids is 1. The van der Waals surface area contributed by atoms with Crippen LogP contribution in [0.25, 0.3) is 0 Å². The van der Waals surface area contributed by atoms with Crippen molar-refractivity contribution in [2.45, 2.75) is 45.2 Å². The lowest BCUT2D eigenvalue weighted by Crippen LogP contribution is -2.31. The normalized spacial score (nSPS) is 16.2. The smallest absolute Gasteiger partial charge is 0.326 e. The van der Waals surface area contributed by atoms with E-state index in [4.69, 9.17) is 0 Å². The fourth-order valence-corrected chi connectivity index (χ4v) is 1.82. The Kier molecular flexibility index (Phi) is 4.19. The topological polar surface area (TPSA) is 87.1 Å². The van der Waals surface area contributed by atoms with Crippen LogP contribution < -0.4 is 10.6 Å². The van der Waals surface area contributed by atoms with Crippen LogP contribution >= 0.6 is 0 Å². The molecule has 3 N–H and O–H groups in total. The van der Waals surface area contributed by atoms with E-state index in [0.717, 1.165) is 18.7 Å². The first-order valence-electron chi connectivity index (χ1n) is 6.62. The number of nitrogens with zero attached hydrogens (tertiary/aromatic N) is 2. The number of aromatic nitrogens is 2. The third-order valence-corrected chi connectivity index (χ3v) is 2.92. The largest absolute Gasteiger partial charge is 0.480 e. The molecule has 0 unspecified atom stereocenters. The van der Waals surface area contributed by atoms with Gasteiger partial charge < -0.3 is 15.7 Å². The highest BCUT2D eigenvalue weighted by Crippen LogP contribution is 2.24. The highest BCUT2D eigenvalue weighted by molar-refractivity contribution is 5.77. The molecule has 0 amide bonds. The van der Waals surface area contributed by atoms with Gasteiger partial charge in [0.1, 0.15) is 24.0 Å². The Morgan fingerprint density at radius 3 is 2.68 bits per heavy atom. The van der Waals surface area contributed by atoms with Gasteiger partial charge in [-0.05, 0) is 25.2 Å². The van der Waals surface area contributed by atoms with Gasteiger partial charge in [-0.2, -0.15) is 0 Å². The molecular formula is C13H20N4O2. The summed E-state index contributed by atoms with van der Waals surface area (Å²) in [5, 5.41) is 15.4. The van der Waals surface area contributed by atoms with Gasteiger partial charge in [-0.1, -0.05) is 13.8 Å². The molecule has 1 aromatic heterocycles. The van der Waals surface area contributed by atoms with Crippen LogP contribution in [0.3, 0.4) is 0 Å². The molecular weight excluding hydrogens is 244 g/mol. The fraction of sp³-hybridized carbons (Fsp3) is 0.615. The van der Waals surface area contributed by atoms with Crippen LogP contribution in [0, 0.1) is 5.92 Å². The van der Waals surface area contributed by atoms with Crippen molar-refractivity contribution in [2.24, 2.45) is 5.92 Å². The summed E-state index contributed by atoms with van der Waals surface area (Å²) in [5.41, 5.74) is 0. The minimum Gasteiger partial charge on any atom is -0.480 e. The predicted octanol–water partition coefficient (Wildman–Crippen LogP) is 1.96. The van der Waals surface area contributed by atoms with E-state index in [2.05, 4.69) is 20.6 Å². The quantitative estimate of drug-likeness (QED) is 0.698. The van der Waals surface area contributed by atoms with Gasteiger partial charge in [0, 0.05) is 12.1 Å². The summed E-state index contributed by atoms with van der Waals surface area (Å²) in [6, 6.07) is 1.64. The van der Waals surface area contributed by atoms with Crippen molar-refractivity contribution in [1.82, 2.24) is 9.97 Å². The monoisotopic (exact) mass is 264 g/mol. The summed E-state index contributed by atoms with van der Waals surface area (Å²) in [6.07, 6.45) is 4.34. The van der Waals surface area contributed by atoms with Crippen molar-refractivity contribution in [2.75, 3.05) is 10.6 Å². The maximum absolute atomic E-state index is 11.2. The van der Waals surface area contributed by atoms with Crippen LogP contribution in [0.5, 0.6) is 0 Å². The van der Waals surface area contributed by atoms with Gasteiger partial charge in [0.25, 0.3) is 0 Å². The molecule has 0 spiro atoms. The number of carboxylic acid groups (broad SMARTS) is 1. The van der Waals surface area contributed by atoms with Crippen LogP contribution in [-0.2, 0) is 4.79 Å². The zero-order valence-corrected chi connectivity index (χ0v) is 11.3. The zero-order chi connectivity index (χ0) is 13.8. The summed E-state index contributed by atoms with van der Waals surface area (Å²) >= 11 is 0. The molecule has 1 aromatic rings. The van der Waals surface area contributed by atoms with Gasteiger partial charge in [-0.15, -0.1) is 0 Å². The van der Waals surface area contributed by atoms with Crippen molar-refractivity contribution >= 4 is 17.6 Å². The van der Waals surface area contributed by atoms with Crippen molar-refractivity contribution in [3.63, 3.8) is 0 Å². The Labute approximate surface area is 112 Å². The van der Waals surface area contributed by atoms with Gasteiger partial charge in [-0.25, -0.2) is 14.8 Å². The number of rotatable bonds is 7. The van der Waals surface area contributed by atoms with Gasteiger partial charge in [-0.3, -0.25) is 0 Å². The first kappa shape index (κ1) is 13.6. The molecule has 0 aliphatic heterocycles. The summed E-state index contributed by atoms with van der Waals surface area (Å²) in [7, 11) is 0. The van der Waals surface area contributed by atoms with E-state index >= 15 is 0 Å². The SMILES string of the molecule is CC(C)C[C@H](Nc1cc(NC2CC2)ncn1)C(=O)O. The molecule has 1 saturated carbocycles. The van der Waals surface area contributed by atoms with Crippen LogP contribution in [0.15, 0.2) is 12.4 Å². The maximum Gasteiger partial charge on any atom is 0.326 e. The summed E-state index contributed by atoms with van der Waals surface area (Å²) < 4.78 is 0. The molecule has 2 rings (SSSR count). The van der Waals surface area contributed by atoms with Crippen LogP contribution in [0.1, 0.15) is 33.1 Å². The van der Waals surface area contributed by atoms with Crippen molar-refractivity contribution < 1.29 is 9.90 Å². The van der Waals surface area contributed by atoms with E-state index < -0.39 is 12.0 Å². The number of anilines is 2. The minimum atomic E-state index is -0.857. The minimum absolute atomic E-state index is 0.305. The molecule has 1 atom stereocenters. The van der Waals surface area contributed by atoms with Crippen LogP contribution in [-0.4, -0.2) is 33.1 Å². The Hall–Kier alpha value is -1.85. The van der Waals surface area contributed by atoms with E-state index in [1.54, 1.807) is 6.07 Å². The molecule has 0 radical (unpaired) electrons. The first-order chi connectivity index (χ1) is 9.04. The molecule has 1 aliphatic rings. The third kappa shape index (κ3) is 4.39. The summed E-state index contributed by atoms with van der Waals surface area (Å²) in [4.78, 5) is 19.4. The van der Waals surface area contributed by atoms with Crippen molar-refractivity contribution in [1.29, 1.82) is 0 Å². The summed E-state index contributed by atoms with van der Waals surface area (Å²) in [5.74, 6) is 0.739. The lowest BCUT2D eigenvalue weighted by molar-refractivity contribution is -0.138. The van der Waals surface area contributed by atoms with Crippen molar-refractivity contribution in [3.05, 3.63) is 12.4 Å². The molecule has 6 heteroatoms. The van der Waals surface area contributed by atoms with E-state index in [0.29, 0.717) is 24.2 Å². The Bertz CT molecular complexity index is 446. The average molecular weight is 264 g/mol. The number of nitrogens with one attached hydrogen (secondary N) is 2. The van der Waals surface area contributed by atoms with Gasteiger partial charge in [0.15, 0.2) is 0 Å². The van der Waals surface area contributed by atoms with Crippen LogP contribution in [0.2, 0.25) is 0 Å². The van der Waals surface area contributed by atoms with E-state index in [1.807, 2.05) is 13.8 Å². The van der Waals surface area contributed by atoms with Crippen molar-refractivity contribution in [3.8, 4) is 0 Å². The number of hydrogen-bond donors (Lipinski definition) is 3. The van der Waals surface area contributed by atoms with Crippen LogP contribution in [0.4, 0.5) is 11.6 Å². The molecule has 6 nitrogen and oxygen atoms in total. The fourth-order valence-electron chi connectivity index (χ4n) is 1.82. The second-order valence-corrected chi connectivity index (χ2v) is 5.37. The Morgan fingerprint density at radius 1 is 1.42 bits per heavy atom. The Morgan fingerprint density at radius 2 is 2.11 bits per heavy atom. The lowest BCUT2D eigenvalue weighted by Gasteiger charge is -2.17. The second kappa shape index (κ2) is 5.86. The highest BCUT2D eigenvalue weighted by atomic mass is 16.4. The second-order valence-electron chi connectivity index (χ2n) is 5.37. The standard InChI is InChI=1S/C13H20N4O2/c1-8(2)5-10(13(18)19)17-12-6-11(14-7-15-12)16-9-3-4-9/h6-10H,3-5H2,1-2H3,(H,18,19)(H2,14,15,16,17)/t10-/m0/s1. The molecule has 1 fully saturated rings. The summed E-state index contributed by atoms with van der Waals surface area (Å²) in [6.45, 7) is 4.00. The first-order valence-corrected chi connectivity index (χ1v) is 6.62. The zero-order valence-electron chi connectivity index (χ0n) is 11.3. The number of hydrogen-bond acceptors (Lipinski definition) is 5. The highest BCUT2D eigenvalue weighted by Gasteiger charge is 2.22. The molecule has 0 bridgehead atoms. The van der Waals surface area contributed by atoms with Gasteiger partial charge in [0.05, 0.1) is 0 Å². The maximum atomic E-state index is 11.2. The molecule has 0 saturated heterocycles. The molecule has 0 aromatic carbocycles. The average Bonchev–Trinajstić information content (AvgIpc) is 3.12. The lowest BCUT2D eigenvalue weighted by atomic mass is 10.0. The van der Waals surface area contributed by atoms with E-state index in [1.165, 1.54) is 6.33 Å². The molecule has 19 heavy (non-hydrogen) atoms. The molecule has 1 aliphatic carbocycles. The predicted molar refractivity (Wildman–Crippen MR) is 73.2 cm³/mol. The van der Waals surface area contributed by atoms with Gasteiger partial charge >= 0.3 is 5.97 Å². The van der Waals surface area contributed by atoms with E-state index in [-0.39, 0.29) is 0 Å². The van der Waals surface area contributed by atoms with Gasteiger partial charge in [0.2, 0.25) is 0 Å². The number of carbonyl (C=O) groups is 1. The number of aliphatic carboxylic acids is 1. The Balaban J connectivity index is 2.00. The van der Waals surface area contributed by atoms with E-state index in [9.17, 15) is 9.90 Å². The third-order valence-electron chi connectivity index (χ3n) is 2.92. The molecule has 104 valence electrons.